The normalized spacial score (nSPS) is 10.4. The fourth-order valence-corrected chi connectivity index (χ4v) is 1.45. The highest BCUT2D eigenvalue weighted by atomic mass is 35.5. The van der Waals surface area contributed by atoms with E-state index in [1.165, 1.54) is 4.90 Å². The first kappa shape index (κ1) is 16.7. The van der Waals surface area contributed by atoms with Crippen molar-refractivity contribution in [3.8, 4) is 0 Å². The van der Waals surface area contributed by atoms with Gasteiger partial charge in [0.2, 0.25) is 5.91 Å². The molecule has 1 amide bonds. The summed E-state index contributed by atoms with van der Waals surface area (Å²) in [6.45, 7) is 1.81. The minimum Gasteiger partial charge on any atom is -1.00 e. The van der Waals surface area contributed by atoms with E-state index in [1.807, 2.05) is 36.4 Å². The summed E-state index contributed by atoms with van der Waals surface area (Å²) < 4.78 is 0. The van der Waals surface area contributed by atoms with Crippen LogP contribution in [0.5, 0.6) is 0 Å². The van der Waals surface area contributed by atoms with E-state index < -0.39 is 0 Å². The van der Waals surface area contributed by atoms with E-state index in [9.17, 15) is 4.79 Å². The first-order chi connectivity index (χ1) is 8.18. The van der Waals surface area contributed by atoms with Gasteiger partial charge in [0.05, 0.1) is 20.6 Å². The number of amides is 1. The minimum atomic E-state index is -0.0254. The zero-order chi connectivity index (χ0) is 12.5. The lowest BCUT2D eigenvalue weighted by Gasteiger charge is -2.06. The van der Waals surface area contributed by atoms with Crippen molar-refractivity contribution in [1.29, 1.82) is 0 Å². The predicted molar refractivity (Wildman–Crippen MR) is 70.8 cm³/mol. The Balaban J connectivity index is 0.00000289. The van der Waals surface area contributed by atoms with Crippen LogP contribution in [0.1, 0.15) is 12.0 Å². The number of quaternary nitrogens is 1. The summed E-state index contributed by atoms with van der Waals surface area (Å²) >= 11 is 0. The van der Waals surface area contributed by atoms with Gasteiger partial charge in [0.15, 0.2) is 0 Å². The molecule has 1 aromatic carbocycles. The second-order valence-electron chi connectivity index (χ2n) is 4.35. The molecule has 0 aliphatic rings. The Morgan fingerprint density at radius 2 is 1.94 bits per heavy atom. The van der Waals surface area contributed by atoms with Crippen LogP contribution in [0.2, 0.25) is 0 Å². The third kappa shape index (κ3) is 7.87. The molecule has 1 aromatic rings. The van der Waals surface area contributed by atoms with E-state index in [1.54, 1.807) is 6.08 Å². The largest absolute Gasteiger partial charge is 1.00 e. The lowest BCUT2D eigenvalue weighted by atomic mass is 10.2. The summed E-state index contributed by atoms with van der Waals surface area (Å²) in [5, 5.41) is 2.87. The van der Waals surface area contributed by atoms with E-state index in [4.69, 9.17) is 0 Å². The predicted octanol–water partition coefficient (Wildman–Crippen LogP) is -2.65. The first-order valence-corrected chi connectivity index (χ1v) is 5.98. The van der Waals surface area contributed by atoms with Gasteiger partial charge in [-0.1, -0.05) is 30.3 Å². The van der Waals surface area contributed by atoms with Crippen LogP contribution in [-0.2, 0) is 4.79 Å². The van der Waals surface area contributed by atoms with Crippen LogP contribution in [-0.4, -0.2) is 33.1 Å². The third-order valence-electron chi connectivity index (χ3n) is 2.38. The van der Waals surface area contributed by atoms with Crippen LogP contribution in [0.15, 0.2) is 36.4 Å². The Hall–Kier alpha value is -1.32. The molecular weight excluding hydrogens is 248 g/mol. The molecule has 0 radical (unpaired) electrons. The monoisotopic (exact) mass is 268 g/mol. The molecule has 0 unspecified atom stereocenters. The average molecular weight is 269 g/mol. The number of carbonyl (C=O) groups excluding carboxylic acids is 1. The number of rotatable bonds is 6. The number of nitrogens with one attached hydrogen (secondary N) is 2. The van der Waals surface area contributed by atoms with Gasteiger partial charge >= 0.3 is 0 Å². The smallest absolute Gasteiger partial charge is 0.244 e. The average Bonchev–Trinajstić information content (AvgIpc) is 2.33. The van der Waals surface area contributed by atoms with E-state index in [0.717, 1.165) is 25.1 Å². The van der Waals surface area contributed by atoms with Gasteiger partial charge in [-0.3, -0.25) is 4.79 Å². The van der Waals surface area contributed by atoms with Crippen molar-refractivity contribution in [2.75, 3.05) is 27.2 Å². The van der Waals surface area contributed by atoms with Gasteiger partial charge < -0.3 is 22.6 Å². The Labute approximate surface area is 115 Å². The van der Waals surface area contributed by atoms with Crippen LogP contribution < -0.4 is 22.6 Å². The molecule has 18 heavy (non-hydrogen) atoms. The Bertz CT molecular complexity index is 363. The van der Waals surface area contributed by atoms with Gasteiger partial charge in [-0.25, -0.2) is 0 Å². The molecule has 4 heteroatoms. The quantitative estimate of drug-likeness (QED) is 0.429. The summed E-state index contributed by atoms with van der Waals surface area (Å²) in [5.41, 5.74) is 1.04. The maximum absolute atomic E-state index is 11.5. The van der Waals surface area contributed by atoms with Gasteiger partial charge in [0.25, 0.3) is 0 Å². The third-order valence-corrected chi connectivity index (χ3v) is 2.38. The number of benzene rings is 1. The van der Waals surface area contributed by atoms with Gasteiger partial charge in [-0.05, 0) is 11.6 Å². The molecule has 0 heterocycles. The van der Waals surface area contributed by atoms with E-state index in [2.05, 4.69) is 19.4 Å². The van der Waals surface area contributed by atoms with E-state index in [-0.39, 0.29) is 18.3 Å². The number of hydrogen-bond acceptors (Lipinski definition) is 1. The van der Waals surface area contributed by atoms with Crippen molar-refractivity contribution < 1.29 is 22.1 Å². The molecule has 3 nitrogen and oxygen atoms in total. The van der Waals surface area contributed by atoms with Crippen molar-refractivity contribution in [3.63, 3.8) is 0 Å². The maximum Gasteiger partial charge on any atom is 0.244 e. The SMILES string of the molecule is C[NH+](C)CCCNC(=O)C=Cc1ccccc1.[Cl-]. The second-order valence-corrected chi connectivity index (χ2v) is 4.35. The van der Waals surface area contributed by atoms with Gasteiger partial charge in [-0.15, -0.1) is 0 Å². The second kappa shape index (κ2) is 9.68. The minimum absolute atomic E-state index is 0. The summed E-state index contributed by atoms with van der Waals surface area (Å²) in [6.07, 6.45) is 4.41. The molecule has 0 spiro atoms. The topological polar surface area (TPSA) is 33.5 Å². The molecule has 0 aromatic heterocycles. The fraction of sp³-hybridized carbons (Fsp3) is 0.357. The van der Waals surface area contributed by atoms with Gasteiger partial charge in [0, 0.05) is 19.0 Å². The Kier molecular flexibility index (Phi) is 8.97. The summed E-state index contributed by atoms with van der Waals surface area (Å²) in [5.74, 6) is -0.0254. The van der Waals surface area contributed by atoms with Crippen LogP contribution in [0, 0.1) is 0 Å². The molecule has 0 atom stereocenters. The van der Waals surface area contributed by atoms with Crippen molar-refractivity contribution in [2.45, 2.75) is 6.42 Å². The molecule has 1 rings (SSSR count). The van der Waals surface area contributed by atoms with Crippen LogP contribution >= 0.6 is 0 Å². The highest BCUT2D eigenvalue weighted by Crippen LogP contribution is 2.00. The van der Waals surface area contributed by atoms with Crippen LogP contribution in [0.25, 0.3) is 6.08 Å². The van der Waals surface area contributed by atoms with Gasteiger partial charge in [-0.2, -0.15) is 0 Å². The zero-order valence-corrected chi connectivity index (χ0v) is 11.7. The fourth-order valence-electron chi connectivity index (χ4n) is 1.45. The lowest BCUT2D eigenvalue weighted by molar-refractivity contribution is -0.858. The lowest BCUT2D eigenvalue weighted by Crippen LogP contribution is -3.05. The summed E-state index contributed by atoms with van der Waals surface area (Å²) in [6, 6.07) is 9.81. The molecule has 0 fully saturated rings. The molecule has 0 aliphatic heterocycles. The Morgan fingerprint density at radius 3 is 2.56 bits per heavy atom. The van der Waals surface area contributed by atoms with E-state index >= 15 is 0 Å². The first-order valence-electron chi connectivity index (χ1n) is 5.98. The standard InChI is InChI=1S/C14H20N2O.ClH/c1-16(2)12-6-11-15-14(17)10-9-13-7-4-3-5-8-13;/h3-5,7-10H,6,11-12H2,1-2H3,(H,15,17);1H. The molecule has 0 saturated heterocycles. The van der Waals surface area contributed by atoms with Crippen molar-refractivity contribution >= 4 is 12.0 Å². The summed E-state index contributed by atoms with van der Waals surface area (Å²) in [4.78, 5) is 12.9. The summed E-state index contributed by atoms with van der Waals surface area (Å²) in [7, 11) is 4.22. The molecular formula is C14H21ClN2O. The van der Waals surface area contributed by atoms with Crippen LogP contribution in [0.3, 0.4) is 0 Å². The number of halogens is 1. The molecule has 2 N–H and O–H groups in total. The molecule has 100 valence electrons. The van der Waals surface area contributed by atoms with Gasteiger partial charge in [0.1, 0.15) is 0 Å². The Morgan fingerprint density at radius 1 is 1.28 bits per heavy atom. The highest BCUT2D eigenvalue weighted by molar-refractivity contribution is 5.91. The molecule has 0 aliphatic carbocycles. The van der Waals surface area contributed by atoms with Crippen molar-refractivity contribution in [3.05, 3.63) is 42.0 Å². The van der Waals surface area contributed by atoms with Crippen molar-refractivity contribution in [2.24, 2.45) is 0 Å². The number of carbonyl (C=O) groups is 1. The van der Waals surface area contributed by atoms with Crippen LogP contribution in [0.4, 0.5) is 0 Å². The molecule has 0 saturated carbocycles. The maximum atomic E-state index is 11.5. The molecule has 0 bridgehead atoms. The zero-order valence-electron chi connectivity index (χ0n) is 10.9. The van der Waals surface area contributed by atoms with Crippen molar-refractivity contribution in [1.82, 2.24) is 5.32 Å². The number of hydrogen-bond donors (Lipinski definition) is 2. The highest BCUT2D eigenvalue weighted by Gasteiger charge is 1.96. The van der Waals surface area contributed by atoms with E-state index in [0.29, 0.717) is 0 Å².